The number of nitrogens with one attached hydrogen (secondary N) is 1. The number of benzene rings is 2. The lowest BCUT2D eigenvalue weighted by Gasteiger charge is -2.34. The van der Waals surface area contributed by atoms with Crippen molar-refractivity contribution in [2.45, 2.75) is 31.7 Å². The van der Waals surface area contributed by atoms with Gasteiger partial charge in [0.05, 0.1) is 28.4 Å². The van der Waals surface area contributed by atoms with Crippen LogP contribution in [0.3, 0.4) is 0 Å². The Morgan fingerprint density at radius 2 is 1.58 bits per heavy atom. The highest BCUT2D eigenvalue weighted by molar-refractivity contribution is 5.76. The average Bonchev–Trinajstić information content (AvgIpc) is 2.82. The van der Waals surface area contributed by atoms with E-state index in [0.29, 0.717) is 30.1 Å². The van der Waals surface area contributed by atoms with Gasteiger partial charge in [0, 0.05) is 31.2 Å². The molecule has 7 heteroatoms. The van der Waals surface area contributed by atoms with Crippen LogP contribution in [0.25, 0.3) is 0 Å². The summed E-state index contributed by atoms with van der Waals surface area (Å²) in [6.07, 6.45) is 2.82. The Balaban J connectivity index is 1.50. The Labute approximate surface area is 184 Å². The second-order valence-electron chi connectivity index (χ2n) is 7.52. The van der Waals surface area contributed by atoms with Crippen molar-refractivity contribution in [2.24, 2.45) is 0 Å². The molecule has 0 aliphatic carbocycles. The summed E-state index contributed by atoms with van der Waals surface area (Å²) in [5, 5.41) is 3.19. The summed E-state index contributed by atoms with van der Waals surface area (Å²) < 4.78 is 21.5. The number of hydrogen-bond acceptors (Lipinski definition) is 6. The lowest BCUT2D eigenvalue weighted by molar-refractivity contribution is -0.121. The van der Waals surface area contributed by atoms with Gasteiger partial charge in [0.2, 0.25) is 11.7 Å². The number of carbonyl (C=O) groups is 1. The number of nitrogens with zero attached hydrogens (tertiary/aromatic N) is 1. The van der Waals surface area contributed by atoms with Gasteiger partial charge in [-0.1, -0.05) is 6.07 Å². The Morgan fingerprint density at radius 1 is 0.903 bits per heavy atom. The third-order valence-corrected chi connectivity index (χ3v) is 5.70. The molecule has 1 heterocycles. The number of aryl methyl sites for hydroxylation is 1. The topological polar surface area (TPSA) is 69.3 Å². The molecule has 2 aromatic rings. The lowest BCUT2D eigenvalue weighted by Crippen LogP contribution is -2.44. The third-order valence-electron chi connectivity index (χ3n) is 5.70. The average molecular weight is 429 g/mol. The van der Waals surface area contributed by atoms with Crippen LogP contribution in [-0.2, 0) is 11.2 Å². The number of piperidine rings is 1. The van der Waals surface area contributed by atoms with Gasteiger partial charge >= 0.3 is 0 Å². The van der Waals surface area contributed by atoms with Gasteiger partial charge in [-0.3, -0.25) is 4.79 Å². The van der Waals surface area contributed by atoms with Crippen LogP contribution in [0.2, 0.25) is 0 Å². The molecule has 0 aromatic heterocycles. The van der Waals surface area contributed by atoms with E-state index in [2.05, 4.69) is 22.3 Å². The van der Waals surface area contributed by atoms with E-state index in [-0.39, 0.29) is 11.9 Å². The highest BCUT2D eigenvalue weighted by atomic mass is 16.5. The molecule has 0 bridgehead atoms. The molecule has 2 aromatic carbocycles. The molecule has 0 unspecified atom stereocenters. The number of methoxy groups -OCH3 is 4. The Hall–Kier alpha value is -3.09. The molecule has 3 rings (SSSR count). The number of ether oxygens (including phenoxy) is 4. The first-order valence-corrected chi connectivity index (χ1v) is 10.6. The fourth-order valence-corrected chi connectivity index (χ4v) is 3.98. The number of anilines is 1. The predicted molar refractivity (Wildman–Crippen MR) is 121 cm³/mol. The fourth-order valence-electron chi connectivity index (χ4n) is 3.98. The SMILES string of the molecule is COc1ccc(N2CCC(NC(=O)CCc3ccc(OC)c(OC)c3OC)CC2)cc1. The second kappa shape index (κ2) is 10.8. The Bertz CT molecular complexity index is 861. The van der Waals surface area contributed by atoms with Crippen LogP contribution in [0.1, 0.15) is 24.8 Å². The van der Waals surface area contributed by atoms with Crippen LogP contribution in [-0.4, -0.2) is 53.5 Å². The minimum atomic E-state index is 0.0553. The molecule has 0 atom stereocenters. The summed E-state index contributed by atoms with van der Waals surface area (Å²) in [6, 6.07) is 12.1. The molecule has 0 radical (unpaired) electrons. The molecule has 1 aliphatic heterocycles. The number of rotatable bonds is 9. The molecule has 1 aliphatic rings. The molecular formula is C24H32N2O5. The van der Waals surface area contributed by atoms with E-state index >= 15 is 0 Å². The smallest absolute Gasteiger partial charge is 0.220 e. The van der Waals surface area contributed by atoms with E-state index in [1.165, 1.54) is 5.69 Å². The summed E-state index contributed by atoms with van der Waals surface area (Å²) >= 11 is 0. The van der Waals surface area contributed by atoms with Gasteiger partial charge in [0.25, 0.3) is 0 Å². The summed E-state index contributed by atoms with van der Waals surface area (Å²) in [5.74, 6) is 2.68. The van der Waals surface area contributed by atoms with Crippen molar-refractivity contribution in [2.75, 3.05) is 46.4 Å². The van der Waals surface area contributed by atoms with E-state index in [4.69, 9.17) is 18.9 Å². The van der Waals surface area contributed by atoms with Gasteiger partial charge in [-0.25, -0.2) is 0 Å². The van der Waals surface area contributed by atoms with Crippen molar-refractivity contribution in [3.63, 3.8) is 0 Å². The summed E-state index contributed by atoms with van der Waals surface area (Å²) in [4.78, 5) is 14.9. The van der Waals surface area contributed by atoms with Crippen LogP contribution < -0.4 is 29.2 Å². The number of carbonyl (C=O) groups excluding carboxylic acids is 1. The van der Waals surface area contributed by atoms with Crippen LogP contribution in [0.15, 0.2) is 36.4 Å². The largest absolute Gasteiger partial charge is 0.497 e. The van der Waals surface area contributed by atoms with E-state index in [1.807, 2.05) is 24.3 Å². The van der Waals surface area contributed by atoms with Crippen molar-refractivity contribution in [3.8, 4) is 23.0 Å². The van der Waals surface area contributed by atoms with Crippen LogP contribution in [0, 0.1) is 0 Å². The Kier molecular flexibility index (Phi) is 7.87. The van der Waals surface area contributed by atoms with E-state index < -0.39 is 0 Å². The van der Waals surface area contributed by atoms with Gasteiger partial charge in [0.15, 0.2) is 11.5 Å². The van der Waals surface area contributed by atoms with E-state index in [9.17, 15) is 4.79 Å². The monoisotopic (exact) mass is 428 g/mol. The first-order chi connectivity index (χ1) is 15.1. The van der Waals surface area contributed by atoms with Gasteiger partial charge in [-0.15, -0.1) is 0 Å². The predicted octanol–water partition coefficient (Wildman–Crippen LogP) is 3.44. The second-order valence-corrected chi connectivity index (χ2v) is 7.52. The zero-order valence-electron chi connectivity index (χ0n) is 18.8. The van der Waals surface area contributed by atoms with Crippen molar-refractivity contribution in [1.82, 2.24) is 5.32 Å². The molecular weight excluding hydrogens is 396 g/mol. The summed E-state index contributed by atoms with van der Waals surface area (Å²) in [6.45, 7) is 1.83. The molecule has 7 nitrogen and oxygen atoms in total. The maximum atomic E-state index is 12.5. The van der Waals surface area contributed by atoms with Crippen molar-refractivity contribution >= 4 is 11.6 Å². The van der Waals surface area contributed by atoms with Crippen LogP contribution in [0.5, 0.6) is 23.0 Å². The quantitative estimate of drug-likeness (QED) is 0.660. The standard InChI is InChI=1S/C24H32N2O5/c1-28-20-9-7-19(8-10-20)26-15-13-18(14-16-26)25-22(27)12-6-17-5-11-21(29-2)24(31-4)23(17)30-3/h5,7-11,18H,6,12-16H2,1-4H3,(H,25,27). The van der Waals surface area contributed by atoms with Gasteiger partial charge < -0.3 is 29.2 Å². The minimum absolute atomic E-state index is 0.0553. The zero-order chi connectivity index (χ0) is 22.2. The molecule has 1 amide bonds. The van der Waals surface area contributed by atoms with Crippen LogP contribution in [0.4, 0.5) is 5.69 Å². The first-order valence-electron chi connectivity index (χ1n) is 10.6. The number of hydrogen-bond donors (Lipinski definition) is 1. The minimum Gasteiger partial charge on any atom is -0.497 e. The summed E-state index contributed by atoms with van der Waals surface area (Å²) in [7, 11) is 6.43. The molecule has 1 N–H and O–H groups in total. The molecule has 0 saturated carbocycles. The molecule has 1 fully saturated rings. The highest BCUT2D eigenvalue weighted by Crippen LogP contribution is 2.40. The van der Waals surface area contributed by atoms with Crippen molar-refractivity contribution < 1.29 is 23.7 Å². The van der Waals surface area contributed by atoms with Gasteiger partial charge in [-0.05, 0) is 55.2 Å². The van der Waals surface area contributed by atoms with Crippen molar-refractivity contribution in [1.29, 1.82) is 0 Å². The lowest BCUT2D eigenvalue weighted by atomic mass is 10.0. The van der Waals surface area contributed by atoms with E-state index in [1.54, 1.807) is 28.4 Å². The van der Waals surface area contributed by atoms with Gasteiger partial charge in [-0.2, -0.15) is 0 Å². The van der Waals surface area contributed by atoms with E-state index in [0.717, 1.165) is 37.2 Å². The van der Waals surface area contributed by atoms with Crippen molar-refractivity contribution in [3.05, 3.63) is 42.0 Å². The maximum Gasteiger partial charge on any atom is 0.220 e. The molecule has 0 spiro atoms. The highest BCUT2D eigenvalue weighted by Gasteiger charge is 2.22. The van der Waals surface area contributed by atoms with Gasteiger partial charge in [0.1, 0.15) is 5.75 Å². The Morgan fingerprint density at radius 3 is 2.16 bits per heavy atom. The fraction of sp³-hybridized carbons (Fsp3) is 0.458. The zero-order valence-corrected chi connectivity index (χ0v) is 18.8. The summed E-state index contributed by atoms with van der Waals surface area (Å²) in [5.41, 5.74) is 2.11. The van der Waals surface area contributed by atoms with Crippen LogP contribution >= 0.6 is 0 Å². The molecule has 168 valence electrons. The third kappa shape index (κ3) is 5.54. The first kappa shape index (κ1) is 22.6. The number of amides is 1. The molecule has 1 saturated heterocycles. The molecule has 31 heavy (non-hydrogen) atoms. The maximum absolute atomic E-state index is 12.5. The normalized spacial score (nSPS) is 14.1.